The molecule has 0 atom stereocenters. The SMILES string of the molecule is O=[N+]([O-])c1cc[c]([Hg][c]2ccccc2)cc1. The van der Waals surface area contributed by atoms with Gasteiger partial charge in [0.2, 0.25) is 0 Å². The maximum absolute atomic E-state index is 10.5. The molecule has 0 spiro atoms. The Morgan fingerprint density at radius 3 is 2.00 bits per heavy atom. The summed E-state index contributed by atoms with van der Waals surface area (Å²) in [6.45, 7) is 0. The molecule has 4 heteroatoms. The summed E-state index contributed by atoms with van der Waals surface area (Å²) in [4.78, 5) is 10.1. The van der Waals surface area contributed by atoms with E-state index >= 15 is 0 Å². The van der Waals surface area contributed by atoms with Gasteiger partial charge in [-0.25, -0.2) is 0 Å². The van der Waals surface area contributed by atoms with Crippen LogP contribution in [0.1, 0.15) is 0 Å². The molecule has 2 aromatic carbocycles. The van der Waals surface area contributed by atoms with E-state index in [-0.39, 0.29) is 10.6 Å². The molecule has 0 saturated carbocycles. The van der Waals surface area contributed by atoms with E-state index in [1.807, 2.05) is 30.3 Å². The van der Waals surface area contributed by atoms with E-state index in [1.54, 1.807) is 12.1 Å². The van der Waals surface area contributed by atoms with Crippen LogP contribution in [-0.2, 0) is 24.6 Å². The van der Waals surface area contributed by atoms with E-state index in [1.165, 1.54) is 6.14 Å². The van der Waals surface area contributed by atoms with Crippen molar-refractivity contribution >= 4 is 11.8 Å². The van der Waals surface area contributed by atoms with Gasteiger partial charge in [0.05, 0.1) is 0 Å². The van der Waals surface area contributed by atoms with Crippen LogP contribution in [-0.4, -0.2) is 4.92 Å². The van der Waals surface area contributed by atoms with Gasteiger partial charge in [-0.3, -0.25) is 0 Å². The normalized spacial score (nSPS) is 9.50. The number of benzene rings is 2. The average molecular weight is 400 g/mol. The first-order valence-corrected chi connectivity index (χ1v) is 10.5. The predicted molar refractivity (Wildman–Crippen MR) is 58.8 cm³/mol. The Bertz CT molecular complexity index is 482. The minimum atomic E-state index is -1.28. The molecule has 0 heterocycles. The molecule has 0 aromatic heterocycles. The van der Waals surface area contributed by atoms with E-state index in [9.17, 15) is 10.1 Å². The monoisotopic (exact) mass is 401 g/mol. The Morgan fingerprint density at radius 2 is 1.44 bits per heavy atom. The predicted octanol–water partition coefficient (Wildman–Crippen LogP) is 1.63. The van der Waals surface area contributed by atoms with Crippen LogP contribution in [0.4, 0.5) is 5.69 Å². The van der Waals surface area contributed by atoms with Crippen LogP contribution in [0.25, 0.3) is 0 Å². The molecule has 2 rings (SSSR count). The van der Waals surface area contributed by atoms with E-state index in [0.717, 1.165) is 0 Å². The molecule has 2 aromatic rings. The van der Waals surface area contributed by atoms with Crippen molar-refractivity contribution in [3.63, 3.8) is 0 Å². The Balaban J connectivity index is 2.14. The number of nitrogens with zero attached hydrogens (tertiary/aromatic N) is 1. The van der Waals surface area contributed by atoms with Gasteiger partial charge < -0.3 is 0 Å². The zero-order chi connectivity index (χ0) is 11.4. The molecule has 0 aliphatic heterocycles. The van der Waals surface area contributed by atoms with Gasteiger partial charge in [0, 0.05) is 0 Å². The topological polar surface area (TPSA) is 43.1 Å². The van der Waals surface area contributed by atoms with E-state index < -0.39 is 24.6 Å². The van der Waals surface area contributed by atoms with Gasteiger partial charge in [0.1, 0.15) is 0 Å². The third kappa shape index (κ3) is 2.89. The van der Waals surface area contributed by atoms with Crippen molar-refractivity contribution in [3.8, 4) is 0 Å². The summed E-state index contributed by atoms with van der Waals surface area (Å²) < 4.78 is 2.73. The van der Waals surface area contributed by atoms with Crippen LogP contribution in [0.15, 0.2) is 54.6 Å². The first-order chi connectivity index (χ1) is 7.75. The van der Waals surface area contributed by atoms with E-state index in [0.29, 0.717) is 0 Å². The number of hydrogen-bond acceptors (Lipinski definition) is 2. The summed E-state index contributed by atoms with van der Waals surface area (Å²) in [6, 6.07) is 17.4. The zero-order valence-corrected chi connectivity index (χ0v) is 14.2. The second-order valence-electron chi connectivity index (χ2n) is 3.59. The van der Waals surface area contributed by atoms with Gasteiger partial charge >= 0.3 is 106 Å². The Labute approximate surface area is 106 Å². The molecule has 0 unspecified atom stereocenters. The third-order valence-corrected chi connectivity index (χ3v) is 9.24. The van der Waals surface area contributed by atoms with Crippen LogP contribution >= 0.6 is 0 Å². The van der Waals surface area contributed by atoms with Crippen molar-refractivity contribution in [3.05, 3.63) is 64.7 Å². The van der Waals surface area contributed by atoms with Crippen LogP contribution in [0.5, 0.6) is 0 Å². The van der Waals surface area contributed by atoms with Gasteiger partial charge in [-0.05, 0) is 0 Å². The number of rotatable bonds is 3. The summed E-state index contributed by atoms with van der Waals surface area (Å²) >= 11 is -1.28. The number of non-ortho nitro benzene ring substituents is 1. The molecular weight excluding hydrogens is 391 g/mol. The van der Waals surface area contributed by atoms with Gasteiger partial charge in [0.15, 0.2) is 0 Å². The van der Waals surface area contributed by atoms with Gasteiger partial charge in [-0.2, -0.15) is 0 Å². The number of hydrogen-bond donors (Lipinski definition) is 0. The molecule has 0 amide bonds. The van der Waals surface area contributed by atoms with Crippen molar-refractivity contribution in [2.24, 2.45) is 0 Å². The molecule has 0 bridgehead atoms. The Morgan fingerprint density at radius 1 is 0.875 bits per heavy atom. The number of nitro benzene ring substituents is 1. The molecule has 76 valence electrons. The quantitative estimate of drug-likeness (QED) is 0.447. The molecule has 0 radical (unpaired) electrons. The van der Waals surface area contributed by atoms with E-state index in [4.69, 9.17) is 0 Å². The van der Waals surface area contributed by atoms with Crippen molar-refractivity contribution in [1.29, 1.82) is 0 Å². The summed E-state index contributed by atoms with van der Waals surface area (Å²) in [5.41, 5.74) is 0.171. The Hall–Kier alpha value is -1.22. The summed E-state index contributed by atoms with van der Waals surface area (Å²) in [5, 5.41) is 10.5. The fourth-order valence-corrected chi connectivity index (χ4v) is 7.21. The molecular formula is C12H9HgNO2. The fourth-order valence-electron chi connectivity index (χ4n) is 1.57. The first kappa shape index (κ1) is 11.3. The van der Waals surface area contributed by atoms with Gasteiger partial charge in [0.25, 0.3) is 0 Å². The third-order valence-electron chi connectivity index (χ3n) is 2.40. The van der Waals surface area contributed by atoms with Crippen molar-refractivity contribution in [2.75, 3.05) is 0 Å². The molecule has 3 nitrogen and oxygen atoms in total. The molecule has 0 aliphatic carbocycles. The van der Waals surface area contributed by atoms with Crippen LogP contribution in [0.3, 0.4) is 0 Å². The van der Waals surface area contributed by atoms with Gasteiger partial charge in [-0.1, -0.05) is 0 Å². The van der Waals surface area contributed by atoms with Crippen LogP contribution < -0.4 is 6.14 Å². The van der Waals surface area contributed by atoms with Crippen molar-refractivity contribution in [2.45, 2.75) is 0 Å². The zero-order valence-electron chi connectivity index (χ0n) is 8.67. The molecule has 0 fully saturated rings. The molecule has 0 saturated heterocycles. The molecule has 0 N–H and O–H groups in total. The second-order valence-corrected chi connectivity index (χ2v) is 11.3. The molecule has 0 aliphatic rings. The molecule has 16 heavy (non-hydrogen) atoms. The number of nitro groups is 1. The average Bonchev–Trinajstić information content (AvgIpc) is 2.31. The summed E-state index contributed by atoms with van der Waals surface area (Å²) in [7, 11) is 0. The second kappa shape index (κ2) is 5.21. The van der Waals surface area contributed by atoms with Crippen molar-refractivity contribution < 1.29 is 29.5 Å². The van der Waals surface area contributed by atoms with Crippen LogP contribution in [0.2, 0.25) is 0 Å². The standard InChI is InChI=1S/C6H4NO2.C6H5.Hg/c8-7(9)6-4-2-1-3-5-6;1-2-4-6-5-3-1;/h2-5H;1-5H;. The fraction of sp³-hybridized carbons (Fsp3) is 0. The minimum absolute atomic E-state index is 0.171. The maximum atomic E-state index is 10.5. The van der Waals surface area contributed by atoms with E-state index in [2.05, 4.69) is 12.1 Å². The Kier molecular flexibility index (Phi) is 3.67. The van der Waals surface area contributed by atoms with Crippen molar-refractivity contribution in [1.82, 2.24) is 0 Å². The summed E-state index contributed by atoms with van der Waals surface area (Å²) in [5.74, 6) is 0. The summed E-state index contributed by atoms with van der Waals surface area (Å²) in [6.07, 6.45) is 0. The van der Waals surface area contributed by atoms with Gasteiger partial charge in [-0.15, -0.1) is 0 Å². The first-order valence-electron chi connectivity index (χ1n) is 5.03. The van der Waals surface area contributed by atoms with Crippen LogP contribution in [0, 0.1) is 10.1 Å².